The van der Waals surface area contributed by atoms with E-state index >= 15 is 0 Å². The smallest absolute Gasteiger partial charge is 0.250 e. The number of amides is 1. The van der Waals surface area contributed by atoms with Gasteiger partial charge in [-0.1, -0.05) is 17.8 Å². The molecule has 2 heterocycles. The zero-order valence-electron chi connectivity index (χ0n) is 11.6. The van der Waals surface area contributed by atoms with Gasteiger partial charge in [0.2, 0.25) is 11.9 Å². The van der Waals surface area contributed by atoms with Gasteiger partial charge in [0, 0.05) is 13.2 Å². The first-order valence-electron chi connectivity index (χ1n) is 6.12. The van der Waals surface area contributed by atoms with Crippen molar-refractivity contribution in [3.63, 3.8) is 0 Å². The zero-order valence-corrected chi connectivity index (χ0v) is 12.4. The Morgan fingerprint density at radius 2 is 2.38 bits per heavy atom. The lowest BCUT2D eigenvalue weighted by atomic mass is 10.3. The van der Waals surface area contributed by atoms with E-state index in [4.69, 9.17) is 0 Å². The van der Waals surface area contributed by atoms with Crippen molar-refractivity contribution in [2.24, 2.45) is 12.1 Å². The van der Waals surface area contributed by atoms with Crippen LogP contribution in [0.1, 0.15) is 11.3 Å². The molecule has 0 saturated heterocycles. The van der Waals surface area contributed by atoms with E-state index in [0.717, 1.165) is 9.71 Å². The molecule has 0 aliphatic rings. The average molecular weight is 307 g/mol. The Hall–Kier alpha value is -2.22. The number of aromatic nitrogens is 3. The van der Waals surface area contributed by atoms with Crippen molar-refractivity contribution in [1.29, 1.82) is 0 Å². The van der Waals surface area contributed by atoms with Gasteiger partial charge in [-0.25, -0.2) is 15.1 Å². The van der Waals surface area contributed by atoms with Crippen LogP contribution in [-0.4, -0.2) is 32.6 Å². The van der Waals surface area contributed by atoms with Crippen molar-refractivity contribution in [3.8, 4) is 0 Å². The number of thioether (sulfide) groups is 1. The summed E-state index contributed by atoms with van der Waals surface area (Å²) in [5.41, 5.74) is 3.11. The van der Waals surface area contributed by atoms with E-state index in [1.54, 1.807) is 19.2 Å². The van der Waals surface area contributed by atoms with Crippen LogP contribution in [0.4, 0.5) is 4.39 Å². The third-order valence-electron chi connectivity index (χ3n) is 2.57. The van der Waals surface area contributed by atoms with Gasteiger partial charge in [0.15, 0.2) is 0 Å². The number of hydrogen-bond acceptors (Lipinski definition) is 5. The molecule has 0 spiro atoms. The van der Waals surface area contributed by atoms with Gasteiger partial charge in [-0.15, -0.1) is 0 Å². The maximum absolute atomic E-state index is 13.6. The summed E-state index contributed by atoms with van der Waals surface area (Å²) in [6, 6.07) is 5.47. The van der Waals surface area contributed by atoms with Crippen LogP contribution in [0.2, 0.25) is 0 Å². The van der Waals surface area contributed by atoms with Crippen molar-refractivity contribution in [3.05, 3.63) is 41.6 Å². The Morgan fingerprint density at radius 3 is 3.00 bits per heavy atom. The predicted molar refractivity (Wildman–Crippen MR) is 78.6 cm³/mol. The van der Waals surface area contributed by atoms with Crippen LogP contribution < -0.4 is 5.43 Å². The summed E-state index contributed by atoms with van der Waals surface area (Å²) in [6.45, 7) is 1.67. The number of hydrazone groups is 1. The minimum absolute atomic E-state index is 0.183. The molecule has 0 atom stereocenters. The number of pyridine rings is 1. The monoisotopic (exact) mass is 307 g/mol. The minimum atomic E-state index is -0.492. The molecule has 0 saturated carbocycles. The molecule has 0 aliphatic carbocycles. The molecule has 0 bridgehead atoms. The second kappa shape index (κ2) is 6.98. The molecule has 0 radical (unpaired) electrons. The van der Waals surface area contributed by atoms with E-state index in [1.807, 2.05) is 12.1 Å². The highest BCUT2D eigenvalue weighted by atomic mass is 32.2. The standard InChI is InChI=1S/C13H14FN5OS/c1-9-10(13(14)19(2)18-9)7-16-17-11(20)8-21-12-5-3-4-6-15-12/h3-7H,8H2,1-2H3,(H,17,20)/b16-7+. The van der Waals surface area contributed by atoms with Gasteiger partial charge in [0.25, 0.3) is 0 Å². The second-order valence-electron chi connectivity index (χ2n) is 4.16. The topological polar surface area (TPSA) is 72.2 Å². The molecule has 0 aromatic carbocycles. The van der Waals surface area contributed by atoms with Crippen molar-refractivity contribution in [2.45, 2.75) is 11.9 Å². The number of carbonyl (C=O) groups is 1. The number of carbonyl (C=O) groups excluding carboxylic acids is 1. The molecule has 110 valence electrons. The van der Waals surface area contributed by atoms with Gasteiger partial charge in [-0.05, 0) is 19.1 Å². The Kier molecular flexibility index (Phi) is 5.04. The van der Waals surface area contributed by atoms with Crippen LogP contribution in [0.3, 0.4) is 0 Å². The first kappa shape index (κ1) is 15.2. The SMILES string of the molecule is Cc1nn(C)c(F)c1/C=N/NC(=O)CSc1ccccn1. The van der Waals surface area contributed by atoms with Crippen molar-refractivity contribution >= 4 is 23.9 Å². The summed E-state index contributed by atoms with van der Waals surface area (Å²) in [6.07, 6.45) is 2.91. The van der Waals surface area contributed by atoms with Crippen LogP contribution in [0, 0.1) is 12.9 Å². The van der Waals surface area contributed by atoms with E-state index in [1.165, 1.54) is 25.0 Å². The van der Waals surface area contributed by atoms with Crippen LogP contribution in [-0.2, 0) is 11.8 Å². The van der Waals surface area contributed by atoms with E-state index in [2.05, 4.69) is 20.6 Å². The van der Waals surface area contributed by atoms with Crippen LogP contribution in [0.25, 0.3) is 0 Å². The molecule has 0 unspecified atom stereocenters. The molecule has 6 nitrogen and oxygen atoms in total. The van der Waals surface area contributed by atoms with Gasteiger partial charge in [-0.2, -0.15) is 14.6 Å². The Bertz CT molecular complexity index is 656. The summed E-state index contributed by atoms with van der Waals surface area (Å²) >= 11 is 1.30. The third kappa shape index (κ3) is 4.12. The third-order valence-corrected chi connectivity index (χ3v) is 3.51. The molecule has 1 N–H and O–H groups in total. The molecule has 0 fully saturated rings. The molecule has 2 rings (SSSR count). The highest BCUT2D eigenvalue weighted by molar-refractivity contribution is 7.99. The molecule has 8 heteroatoms. The molecule has 1 amide bonds. The average Bonchev–Trinajstić information content (AvgIpc) is 2.72. The first-order valence-corrected chi connectivity index (χ1v) is 7.11. The largest absolute Gasteiger partial charge is 0.272 e. The van der Waals surface area contributed by atoms with E-state index in [-0.39, 0.29) is 17.2 Å². The first-order chi connectivity index (χ1) is 10.1. The van der Waals surface area contributed by atoms with E-state index < -0.39 is 5.95 Å². The van der Waals surface area contributed by atoms with Gasteiger partial charge in [-0.3, -0.25) is 4.79 Å². The lowest BCUT2D eigenvalue weighted by Gasteiger charge is -1.99. The molecular formula is C13H14FN5OS. The maximum Gasteiger partial charge on any atom is 0.250 e. The number of nitrogens with one attached hydrogen (secondary N) is 1. The van der Waals surface area contributed by atoms with Crippen LogP contribution in [0.15, 0.2) is 34.5 Å². The molecule has 21 heavy (non-hydrogen) atoms. The van der Waals surface area contributed by atoms with Crippen LogP contribution in [0.5, 0.6) is 0 Å². The normalized spacial score (nSPS) is 11.0. The van der Waals surface area contributed by atoms with Crippen molar-refractivity contribution in [2.75, 3.05) is 5.75 Å². The molecule has 0 aliphatic heterocycles. The van der Waals surface area contributed by atoms with Gasteiger partial charge in [0.1, 0.15) is 0 Å². The predicted octanol–water partition coefficient (Wildman–Crippen LogP) is 1.51. The quantitative estimate of drug-likeness (QED) is 0.516. The molecular weight excluding hydrogens is 293 g/mol. The molecule has 2 aromatic heterocycles. The summed E-state index contributed by atoms with van der Waals surface area (Å²) in [7, 11) is 1.50. The number of halogens is 1. The van der Waals surface area contributed by atoms with Gasteiger partial charge in [0.05, 0.1) is 28.3 Å². The summed E-state index contributed by atoms with van der Waals surface area (Å²) < 4.78 is 14.7. The summed E-state index contributed by atoms with van der Waals surface area (Å²) in [5, 5.41) is 8.40. The Labute approximate surface area is 125 Å². The minimum Gasteiger partial charge on any atom is -0.272 e. The number of aryl methyl sites for hydroxylation is 2. The Morgan fingerprint density at radius 1 is 1.57 bits per heavy atom. The maximum atomic E-state index is 13.6. The lowest BCUT2D eigenvalue weighted by molar-refractivity contribution is -0.118. The highest BCUT2D eigenvalue weighted by Gasteiger charge is 2.10. The highest BCUT2D eigenvalue weighted by Crippen LogP contribution is 2.13. The van der Waals surface area contributed by atoms with Crippen molar-refractivity contribution in [1.82, 2.24) is 20.2 Å². The van der Waals surface area contributed by atoms with Gasteiger partial charge >= 0.3 is 0 Å². The second-order valence-corrected chi connectivity index (χ2v) is 5.16. The fourth-order valence-corrected chi connectivity index (χ4v) is 2.22. The van der Waals surface area contributed by atoms with Gasteiger partial charge < -0.3 is 0 Å². The van der Waals surface area contributed by atoms with Crippen molar-refractivity contribution < 1.29 is 9.18 Å². The zero-order chi connectivity index (χ0) is 15.2. The molecule has 2 aromatic rings. The van der Waals surface area contributed by atoms with E-state index in [9.17, 15) is 9.18 Å². The lowest BCUT2D eigenvalue weighted by Crippen LogP contribution is -2.19. The summed E-state index contributed by atoms with van der Waals surface area (Å²) in [5.74, 6) is -0.597. The fourth-order valence-electron chi connectivity index (χ4n) is 1.57. The van der Waals surface area contributed by atoms with Crippen LogP contribution >= 0.6 is 11.8 Å². The summed E-state index contributed by atoms with van der Waals surface area (Å²) in [4.78, 5) is 15.7. The number of rotatable bonds is 5. The van der Waals surface area contributed by atoms with E-state index in [0.29, 0.717) is 5.69 Å². The fraction of sp³-hybridized carbons (Fsp3) is 0.231. The number of hydrogen-bond donors (Lipinski definition) is 1. The Balaban J connectivity index is 1.85. The number of nitrogens with zero attached hydrogens (tertiary/aromatic N) is 4.